The Morgan fingerprint density at radius 3 is 2.84 bits per heavy atom. The fourth-order valence-corrected chi connectivity index (χ4v) is 2.97. The van der Waals surface area contributed by atoms with Gasteiger partial charge < -0.3 is 24.3 Å². The third kappa shape index (κ3) is 5.83. The fourth-order valence-electron chi connectivity index (χ4n) is 2.70. The Balaban J connectivity index is 1.54. The number of halogens is 1. The predicted molar refractivity (Wildman–Crippen MR) is 118 cm³/mol. The minimum Gasteiger partial charge on any atom is -0.490 e. The summed E-state index contributed by atoms with van der Waals surface area (Å²) in [7, 11) is 0. The average Bonchev–Trinajstić information content (AvgIpc) is 3.25. The first kappa shape index (κ1) is 22.8. The van der Waals surface area contributed by atoms with Crippen LogP contribution in [0.2, 0.25) is 5.02 Å². The van der Waals surface area contributed by atoms with E-state index < -0.39 is 11.8 Å². The monoisotopic (exact) mass is 457 g/mol. The molecular formula is C22H20ClN3O6. The fraction of sp³-hybridized carbons (Fsp3) is 0.227. The van der Waals surface area contributed by atoms with Gasteiger partial charge in [-0.25, -0.2) is 5.43 Å². The largest absolute Gasteiger partial charge is 0.490 e. The van der Waals surface area contributed by atoms with E-state index in [4.69, 9.17) is 37.0 Å². The number of hydrogen-bond donors (Lipinski definition) is 2. The number of fused-ring (bicyclic) bond motifs is 1. The number of rotatable bonds is 9. The van der Waals surface area contributed by atoms with Gasteiger partial charge in [-0.05, 0) is 42.8 Å². The number of benzene rings is 2. The SMILES string of the molecule is C#CCOc1c(Cl)cc(/C=N/NC(=O)CNC(=O)c2ccc3c(c2)OCO3)cc1OCC. The molecule has 0 bridgehead atoms. The van der Waals surface area contributed by atoms with Crippen LogP contribution in [0.5, 0.6) is 23.0 Å². The summed E-state index contributed by atoms with van der Waals surface area (Å²) < 4.78 is 21.4. The molecule has 3 rings (SSSR count). The lowest BCUT2D eigenvalue weighted by Crippen LogP contribution is -2.34. The van der Waals surface area contributed by atoms with E-state index in [1.807, 2.05) is 6.92 Å². The van der Waals surface area contributed by atoms with E-state index >= 15 is 0 Å². The van der Waals surface area contributed by atoms with Crippen molar-refractivity contribution in [1.82, 2.24) is 10.7 Å². The van der Waals surface area contributed by atoms with E-state index in [9.17, 15) is 9.59 Å². The second-order valence-electron chi connectivity index (χ2n) is 6.30. The van der Waals surface area contributed by atoms with Crippen LogP contribution in [0.1, 0.15) is 22.8 Å². The molecule has 10 heteroatoms. The molecule has 0 unspecified atom stereocenters. The van der Waals surface area contributed by atoms with Crippen LogP contribution in [0.25, 0.3) is 0 Å². The molecule has 1 aliphatic heterocycles. The molecule has 9 nitrogen and oxygen atoms in total. The van der Waals surface area contributed by atoms with E-state index in [0.29, 0.717) is 40.7 Å². The molecule has 0 spiro atoms. The van der Waals surface area contributed by atoms with Crippen molar-refractivity contribution in [2.24, 2.45) is 5.10 Å². The lowest BCUT2D eigenvalue weighted by atomic mass is 10.2. The third-order valence-corrected chi connectivity index (χ3v) is 4.36. The summed E-state index contributed by atoms with van der Waals surface area (Å²) in [5.41, 5.74) is 3.24. The Kier molecular flexibility index (Phi) is 7.78. The molecule has 2 amide bonds. The van der Waals surface area contributed by atoms with Gasteiger partial charge in [-0.15, -0.1) is 6.42 Å². The number of hydrogen-bond acceptors (Lipinski definition) is 7. The van der Waals surface area contributed by atoms with Gasteiger partial charge in [-0.1, -0.05) is 17.5 Å². The molecule has 2 N–H and O–H groups in total. The standard InChI is InChI=1S/C22H20ClN3O6/c1-3-7-30-21-16(23)8-14(9-19(21)29-4-2)11-25-26-20(27)12-24-22(28)15-5-6-17-18(10-15)32-13-31-17/h1,5-6,8-11H,4,7,12-13H2,2H3,(H,24,28)(H,26,27)/b25-11+. The summed E-state index contributed by atoms with van der Waals surface area (Å²) in [6.07, 6.45) is 6.60. The van der Waals surface area contributed by atoms with Gasteiger partial charge in [0.25, 0.3) is 11.8 Å². The van der Waals surface area contributed by atoms with Crippen LogP contribution < -0.4 is 29.7 Å². The number of terminal acetylenes is 1. The van der Waals surface area contributed by atoms with Crippen molar-refractivity contribution in [1.29, 1.82) is 0 Å². The molecule has 2 aromatic rings. The number of hydrazone groups is 1. The van der Waals surface area contributed by atoms with Gasteiger partial charge in [0.05, 0.1) is 24.4 Å². The summed E-state index contributed by atoms with van der Waals surface area (Å²) in [5.74, 6) is 3.20. The highest BCUT2D eigenvalue weighted by molar-refractivity contribution is 6.32. The second-order valence-corrected chi connectivity index (χ2v) is 6.71. The van der Waals surface area contributed by atoms with Gasteiger partial charge in [0.15, 0.2) is 23.0 Å². The molecule has 2 aromatic carbocycles. The van der Waals surface area contributed by atoms with Crippen molar-refractivity contribution < 1.29 is 28.5 Å². The Morgan fingerprint density at radius 2 is 2.06 bits per heavy atom. The molecule has 166 valence electrons. The first-order valence-corrected chi connectivity index (χ1v) is 9.92. The molecule has 0 saturated heterocycles. The Hall–Kier alpha value is -3.90. The molecule has 0 saturated carbocycles. The number of nitrogens with zero attached hydrogens (tertiary/aromatic N) is 1. The molecule has 0 atom stereocenters. The van der Waals surface area contributed by atoms with E-state index in [1.54, 1.807) is 30.3 Å². The highest BCUT2D eigenvalue weighted by Crippen LogP contribution is 2.36. The number of carbonyl (C=O) groups is 2. The van der Waals surface area contributed by atoms with Gasteiger partial charge in [0.2, 0.25) is 6.79 Å². The lowest BCUT2D eigenvalue weighted by Gasteiger charge is -2.12. The van der Waals surface area contributed by atoms with E-state index in [0.717, 1.165) is 0 Å². The second kappa shape index (κ2) is 10.9. The van der Waals surface area contributed by atoms with Crippen molar-refractivity contribution in [3.63, 3.8) is 0 Å². The maximum absolute atomic E-state index is 12.2. The van der Waals surface area contributed by atoms with Crippen LogP contribution in [0, 0.1) is 12.3 Å². The van der Waals surface area contributed by atoms with Crippen LogP contribution in [-0.2, 0) is 4.79 Å². The Labute approximate surface area is 189 Å². The average molecular weight is 458 g/mol. The van der Waals surface area contributed by atoms with Crippen molar-refractivity contribution in [2.75, 3.05) is 26.6 Å². The van der Waals surface area contributed by atoms with E-state index in [1.165, 1.54) is 6.21 Å². The highest BCUT2D eigenvalue weighted by Gasteiger charge is 2.16. The molecule has 1 heterocycles. The third-order valence-electron chi connectivity index (χ3n) is 4.08. The zero-order valence-corrected chi connectivity index (χ0v) is 17.9. The molecular weight excluding hydrogens is 438 g/mol. The summed E-state index contributed by atoms with van der Waals surface area (Å²) in [6, 6.07) is 8.00. The molecule has 0 aromatic heterocycles. The number of ether oxygens (including phenoxy) is 4. The minimum atomic E-state index is -0.513. The highest BCUT2D eigenvalue weighted by atomic mass is 35.5. The van der Waals surface area contributed by atoms with Crippen LogP contribution in [0.4, 0.5) is 0 Å². The Bertz CT molecular complexity index is 1080. The first-order valence-electron chi connectivity index (χ1n) is 9.54. The number of carbonyl (C=O) groups excluding carboxylic acids is 2. The zero-order chi connectivity index (χ0) is 22.9. The van der Waals surface area contributed by atoms with Gasteiger partial charge in [-0.3, -0.25) is 9.59 Å². The molecule has 0 aliphatic carbocycles. The number of nitrogens with one attached hydrogen (secondary N) is 2. The zero-order valence-electron chi connectivity index (χ0n) is 17.1. The van der Waals surface area contributed by atoms with Crippen LogP contribution in [0.15, 0.2) is 35.4 Å². The van der Waals surface area contributed by atoms with Gasteiger partial charge in [0, 0.05) is 5.56 Å². The van der Waals surface area contributed by atoms with Crippen molar-refractivity contribution in [3.8, 4) is 35.3 Å². The van der Waals surface area contributed by atoms with Crippen molar-refractivity contribution in [2.45, 2.75) is 6.92 Å². The van der Waals surface area contributed by atoms with Gasteiger partial charge >= 0.3 is 0 Å². The van der Waals surface area contributed by atoms with Crippen LogP contribution in [0.3, 0.4) is 0 Å². The Morgan fingerprint density at radius 1 is 1.25 bits per heavy atom. The first-order chi connectivity index (χ1) is 15.5. The molecule has 0 fully saturated rings. The summed E-state index contributed by atoms with van der Waals surface area (Å²) in [6.45, 7) is 2.09. The summed E-state index contributed by atoms with van der Waals surface area (Å²) >= 11 is 6.24. The normalized spacial score (nSPS) is 11.7. The smallest absolute Gasteiger partial charge is 0.259 e. The maximum Gasteiger partial charge on any atom is 0.259 e. The van der Waals surface area contributed by atoms with Crippen LogP contribution in [-0.4, -0.2) is 44.6 Å². The molecule has 32 heavy (non-hydrogen) atoms. The van der Waals surface area contributed by atoms with Crippen molar-refractivity contribution >= 4 is 29.6 Å². The summed E-state index contributed by atoms with van der Waals surface area (Å²) in [5, 5.41) is 6.67. The number of amides is 2. The quantitative estimate of drug-likeness (QED) is 0.340. The van der Waals surface area contributed by atoms with E-state index in [-0.39, 0.29) is 25.0 Å². The lowest BCUT2D eigenvalue weighted by molar-refractivity contribution is -0.120. The van der Waals surface area contributed by atoms with E-state index in [2.05, 4.69) is 21.8 Å². The minimum absolute atomic E-state index is 0.0429. The van der Waals surface area contributed by atoms with Gasteiger partial charge in [0.1, 0.15) is 6.61 Å². The molecule has 1 aliphatic rings. The summed E-state index contributed by atoms with van der Waals surface area (Å²) in [4.78, 5) is 24.2. The maximum atomic E-state index is 12.2. The van der Waals surface area contributed by atoms with Crippen molar-refractivity contribution in [3.05, 3.63) is 46.5 Å². The topological polar surface area (TPSA) is 107 Å². The van der Waals surface area contributed by atoms with Gasteiger partial charge in [-0.2, -0.15) is 5.10 Å². The molecule has 0 radical (unpaired) electrons. The predicted octanol–water partition coefficient (Wildman–Crippen LogP) is 2.36. The van der Waals surface area contributed by atoms with Crippen LogP contribution >= 0.6 is 11.6 Å².